The highest BCUT2D eigenvalue weighted by atomic mass is 16.6. The number of nitrogens with one attached hydrogen (secondary N) is 2. The Balaban J connectivity index is 2.52. The van der Waals surface area contributed by atoms with Crippen LogP contribution in [0.1, 0.15) is 31.1 Å². The first-order valence-electron chi connectivity index (χ1n) is 5.30. The summed E-state index contributed by atoms with van der Waals surface area (Å²) in [5.41, 5.74) is -0.745. The van der Waals surface area contributed by atoms with Gasteiger partial charge in [0.25, 0.3) is 0 Å². The molecule has 1 aromatic rings. The molecule has 4 N–H and O–H groups in total. The number of aromatic amines is 1. The maximum atomic E-state index is 11.6. The monoisotopic (exact) mass is 256 g/mol. The van der Waals surface area contributed by atoms with Crippen LogP contribution >= 0.6 is 0 Å². The van der Waals surface area contributed by atoms with Crippen molar-refractivity contribution in [1.29, 1.82) is 0 Å². The summed E-state index contributed by atoms with van der Waals surface area (Å²) in [4.78, 5) is 25.0. The predicted octanol–water partition coefficient (Wildman–Crippen LogP) is 1.13. The van der Waals surface area contributed by atoms with Crippen molar-refractivity contribution >= 4 is 11.9 Å². The molecule has 1 heterocycles. The first kappa shape index (κ1) is 13.9. The van der Waals surface area contributed by atoms with E-state index in [-0.39, 0.29) is 18.0 Å². The smallest absolute Gasteiger partial charge is 0.408 e. The highest BCUT2D eigenvalue weighted by molar-refractivity contribution is 6.01. The number of ether oxygens (including phenoxy) is 1. The normalized spacial score (nSPS) is 11.1. The number of carbonyl (C=O) groups excluding carboxylic acids is 2. The van der Waals surface area contributed by atoms with Crippen molar-refractivity contribution in [2.24, 2.45) is 0 Å². The van der Waals surface area contributed by atoms with Gasteiger partial charge < -0.3 is 20.3 Å². The molecule has 0 fully saturated rings. The molecule has 0 aliphatic rings. The average Bonchev–Trinajstić information content (AvgIpc) is 2.52. The second-order valence-corrected chi connectivity index (χ2v) is 4.70. The van der Waals surface area contributed by atoms with Gasteiger partial charge in [-0.3, -0.25) is 9.78 Å². The summed E-state index contributed by atoms with van der Waals surface area (Å²) in [5.74, 6) is -1.31. The van der Waals surface area contributed by atoms with Crippen molar-refractivity contribution in [2.75, 3.05) is 6.54 Å². The zero-order valence-electron chi connectivity index (χ0n) is 10.4. The Morgan fingerprint density at radius 2 is 2.00 bits per heavy atom. The molecule has 1 rings (SSSR count). The number of Topliss-reactive ketones (excluding diaryl/α,β-unsaturated/α-hetero) is 1. The second kappa shape index (κ2) is 4.99. The summed E-state index contributed by atoms with van der Waals surface area (Å²) in [6, 6.07) is 1.08. The van der Waals surface area contributed by atoms with E-state index in [4.69, 9.17) is 9.84 Å². The lowest BCUT2D eigenvalue weighted by Crippen LogP contribution is -2.35. The number of H-pyrrole nitrogens is 1. The minimum absolute atomic E-state index is 0.0939. The van der Waals surface area contributed by atoms with E-state index in [1.165, 1.54) is 0 Å². The Morgan fingerprint density at radius 1 is 1.39 bits per heavy atom. The minimum Gasteiger partial charge on any atom is -0.494 e. The Kier molecular flexibility index (Phi) is 3.85. The van der Waals surface area contributed by atoms with E-state index in [0.717, 1.165) is 6.07 Å². The molecular formula is C11H16N2O5. The summed E-state index contributed by atoms with van der Waals surface area (Å²) >= 11 is 0. The number of rotatable bonds is 3. The fraction of sp³-hybridized carbons (Fsp3) is 0.455. The summed E-state index contributed by atoms with van der Waals surface area (Å²) in [6.45, 7) is 4.76. The lowest BCUT2D eigenvalue weighted by Gasteiger charge is -2.19. The maximum Gasteiger partial charge on any atom is 0.408 e. The maximum absolute atomic E-state index is 11.6. The first-order chi connectivity index (χ1) is 8.19. The van der Waals surface area contributed by atoms with E-state index < -0.39 is 23.4 Å². The molecule has 7 heteroatoms. The van der Waals surface area contributed by atoms with Gasteiger partial charge in [-0.05, 0) is 20.8 Å². The van der Waals surface area contributed by atoms with Crippen molar-refractivity contribution in [3.05, 3.63) is 11.6 Å². The third-order valence-electron chi connectivity index (χ3n) is 1.88. The van der Waals surface area contributed by atoms with E-state index in [1.807, 2.05) is 0 Å². The van der Waals surface area contributed by atoms with E-state index in [9.17, 15) is 14.7 Å². The molecule has 0 aliphatic carbocycles. The van der Waals surface area contributed by atoms with Crippen LogP contribution < -0.4 is 5.32 Å². The summed E-state index contributed by atoms with van der Waals surface area (Å²) < 4.78 is 4.94. The van der Waals surface area contributed by atoms with Crippen LogP contribution in [0.5, 0.6) is 11.8 Å². The highest BCUT2D eigenvalue weighted by Gasteiger charge is 2.19. The summed E-state index contributed by atoms with van der Waals surface area (Å²) in [7, 11) is 0. The SMILES string of the molecule is CC(C)(C)OC(=O)NCC(=O)c1cc(O)[nH]c1O. The van der Waals surface area contributed by atoms with E-state index in [1.54, 1.807) is 20.8 Å². The van der Waals surface area contributed by atoms with Gasteiger partial charge in [-0.15, -0.1) is 0 Å². The Hall–Kier alpha value is -2.18. The predicted molar refractivity (Wildman–Crippen MR) is 62.7 cm³/mol. The zero-order chi connectivity index (χ0) is 13.9. The van der Waals surface area contributed by atoms with Crippen LogP contribution in [0.2, 0.25) is 0 Å². The number of aromatic hydroxyl groups is 2. The molecule has 0 saturated heterocycles. The van der Waals surface area contributed by atoms with Gasteiger partial charge in [0.2, 0.25) is 5.88 Å². The molecule has 0 atom stereocenters. The molecule has 0 bridgehead atoms. The van der Waals surface area contributed by atoms with Crippen molar-refractivity contribution in [3.8, 4) is 11.8 Å². The van der Waals surface area contributed by atoms with Crippen LogP contribution in [0.25, 0.3) is 0 Å². The molecular weight excluding hydrogens is 240 g/mol. The summed E-state index contributed by atoms with van der Waals surface area (Å²) in [5, 5.41) is 20.6. The van der Waals surface area contributed by atoms with Crippen molar-refractivity contribution in [3.63, 3.8) is 0 Å². The number of hydrogen-bond donors (Lipinski definition) is 4. The Labute approximate surface area is 104 Å². The van der Waals surface area contributed by atoms with Gasteiger partial charge in [0, 0.05) is 6.07 Å². The van der Waals surface area contributed by atoms with Crippen molar-refractivity contribution < 1.29 is 24.5 Å². The molecule has 7 nitrogen and oxygen atoms in total. The van der Waals surface area contributed by atoms with E-state index in [2.05, 4.69) is 10.3 Å². The third-order valence-corrected chi connectivity index (χ3v) is 1.88. The molecule has 0 saturated carbocycles. The van der Waals surface area contributed by atoms with Gasteiger partial charge in [-0.2, -0.15) is 0 Å². The number of carbonyl (C=O) groups is 2. The lowest BCUT2D eigenvalue weighted by atomic mass is 10.2. The van der Waals surface area contributed by atoms with Gasteiger partial charge in [0.15, 0.2) is 11.7 Å². The van der Waals surface area contributed by atoms with Crippen LogP contribution in [0, 0.1) is 0 Å². The largest absolute Gasteiger partial charge is 0.494 e. The highest BCUT2D eigenvalue weighted by Crippen LogP contribution is 2.21. The van der Waals surface area contributed by atoms with Gasteiger partial charge in [0.1, 0.15) is 5.60 Å². The number of hydrogen-bond acceptors (Lipinski definition) is 5. The lowest BCUT2D eigenvalue weighted by molar-refractivity contribution is 0.0520. The molecule has 0 radical (unpaired) electrons. The van der Waals surface area contributed by atoms with Crippen molar-refractivity contribution in [1.82, 2.24) is 10.3 Å². The number of ketones is 1. The first-order valence-corrected chi connectivity index (χ1v) is 5.30. The Bertz CT molecular complexity index is 458. The van der Waals surface area contributed by atoms with Gasteiger partial charge in [-0.1, -0.05) is 0 Å². The number of alkyl carbamates (subject to hydrolysis) is 1. The Morgan fingerprint density at radius 3 is 2.44 bits per heavy atom. The standard InChI is InChI=1S/C11H16N2O5/c1-11(2,3)18-10(17)12-5-7(14)6-4-8(15)13-9(6)16/h4,13,15-16H,5H2,1-3H3,(H,12,17). The fourth-order valence-corrected chi connectivity index (χ4v) is 1.20. The van der Waals surface area contributed by atoms with Gasteiger partial charge in [0.05, 0.1) is 12.1 Å². The molecule has 0 aliphatic heterocycles. The molecule has 0 spiro atoms. The minimum atomic E-state index is -0.727. The topological polar surface area (TPSA) is 112 Å². The van der Waals surface area contributed by atoms with Crippen LogP contribution in [0.3, 0.4) is 0 Å². The van der Waals surface area contributed by atoms with E-state index in [0.29, 0.717) is 0 Å². The number of amides is 1. The van der Waals surface area contributed by atoms with Crippen LogP contribution in [-0.2, 0) is 4.74 Å². The van der Waals surface area contributed by atoms with Crippen LogP contribution in [0.4, 0.5) is 4.79 Å². The molecule has 18 heavy (non-hydrogen) atoms. The molecule has 0 aromatic carbocycles. The molecule has 1 aromatic heterocycles. The second-order valence-electron chi connectivity index (χ2n) is 4.70. The summed E-state index contributed by atoms with van der Waals surface area (Å²) in [6.07, 6.45) is -0.727. The fourth-order valence-electron chi connectivity index (χ4n) is 1.20. The van der Waals surface area contributed by atoms with E-state index >= 15 is 0 Å². The third kappa shape index (κ3) is 4.00. The molecule has 0 unspecified atom stereocenters. The quantitative estimate of drug-likeness (QED) is 0.606. The zero-order valence-corrected chi connectivity index (χ0v) is 10.4. The van der Waals surface area contributed by atoms with Crippen LogP contribution in [0.15, 0.2) is 6.07 Å². The van der Waals surface area contributed by atoms with Crippen LogP contribution in [-0.4, -0.2) is 39.2 Å². The number of aromatic nitrogens is 1. The van der Waals surface area contributed by atoms with Gasteiger partial charge >= 0.3 is 6.09 Å². The van der Waals surface area contributed by atoms with Crippen molar-refractivity contribution in [2.45, 2.75) is 26.4 Å². The molecule has 100 valence electrons. The van der Waals surface area contributed by atoms with Gasteiger partial charge in [-0.25, -0.2) is 4.79 Å². The average molecular weight is 256 g/mol. The molecule has 1 amide bonds.